The molecule has 0 spiro atoms. The smallest absolute Gasteiger partial charge is 0.129 e. The molecule has 0 unspecified atom stereocenters. The maximum Gasteiger partial charge on any atom is 0.129 e. The molecule has 0 aliphatic heterocycles. The third kappa shape index (κ3) is 1.21. The highest BCUT2D eigenvalue weighted by molar-refractivity contribution is 9.10. The van der Waals surface area contributed by atoms with Crippen molar-refractivity contribution >= 4 is 26.8 Å². The highest BCUT2D eigenvalue weighted by atomic mass is 79.9. The van der Waals surface area contributed by atoms with Gasteiger partial charge in [0.1, 0.15) is 11.3 Å². The van der Waals surface area contributed by atoms with Crippen molar-refractivity contribution in [2.45, 2.75) is 6.92 Å². The van der Waals surface area contributed by atoms with Gasteiger partial charge in [0.05, 0.1) is 5.39 Å². The molecule has 1 aromatic heterocycles. The minimum absolute atomic E-state index is 0.311. The van der Waals surface area contributed by atoms with Crippen molar-refractivity contribution in [2.24, 2.45) is 7.05 Å². The summed E-state index contributed by atoms with van der Waals surface area (Å²) in [5.41, 5.74) is 1.65. The summed E-state index contributed by atoms with van der Waals surface area (Å²) >= 11 is 3.41. The molecule has 0 aliphatic carbocycles. The summed E-state index contributed by atoms with van der Waals surface area (Å²) in [5, 5.41) is 14.7. The van der Waals surface area contributed by atoms with Crippen molar-refractivity contribution in [1.29, 1.82) is 0 Å². The van der Waals surface area contributed by atoms with Gasteiger partial charge in [0.25, 0.3) is 0 Å². The van der Waals surface area contributed by atoms with E-state index in [4.69, 9.17) is 0 Å². The number of phenols is 1. The fourth-order valence-corrected chi connectivity index (χ4v) is 2.01. The minimum atomic E-state index is 0.311. The van der Waals surface area contributed by atoms with Crippen LogP contribution in [0, 0.1) is 6.92 Å². The fraction of sp³-hybridized carbons (Fsp3) is 0.222. The Kier molecular flexibility index (Phi) is 1.80. The van der Waals surface area contributed by atoms with E-state index in [0.29, 0.717) is 5.75 Å². The van der Waals surface area contributed by atoms with Gasteiger partial charge < -0.3 is 5.11 Å². The van der Waals surface area contributed by atoms with Crippen LogP contribution in [-0.4, -0.2) is 14.9 Å². The van der Waals surface area contributed by atoms with Gasteiger partial charge in [0.15, 0.2) is 0 Å². The van der Waals surface area contributed by atoms with Crippen molar-refractivity contribution in [1.82, 2.24) is 9.78 Å². The fourth-order valence-electron chi connectivity index (χ4n) is 1.38. The third-order valence-electron chi connectivity index (χ3n) is 2.03. The molecule has 2 aromatic rings. The molecule has 1 aromatic carbocycles. The van der Waals surface area contributed by atoms with Crippen LogP contribution >= 0.6 is 15.9 Å². The topological polar surface area (TPSA) is 38.0 Å². The number of aromatic nitrogens is 2. The number of phenolic OH excluding ortho intramolecular Hbond substituents is 1. The van der Waals surface area contributed by atoms with Crippen molar-refractivity contribution in [2.75, 3.05) is 0 Å². The molecule has 3 nitrogen and oxygen atoms in total. The lowest BCUT2D eigenvalue weighted by atomic mass is 10.1. The number of fused-ring (bicyclic) bond motifs is 1. The van der Waals surface area contributed by atoms with Crippen LogP contribution in [0.2, 0.25) is 0 Å². The molecule has 0 fully saturated rings. The molecule has 0 radical (unpaired) electrons. The summed E-state index contributed by atoms with van der Waals surface area (Å²) in [4.78, 5) is 0. The molecule has 1 N–H and O–H groups in total. The van der Waals surface area contributed by atoms with Gasteiger partial charge in [-0.2, -0.15) is 5.10 Å². The quantitative estimate of drug-likeness (QED) is 0.768. The minimum Gasteiger partial charge on any atom is -0.507 e. The normalized spacial score (nSPS) is 11.0. The van der Waals surface area contributed by atoms with E-state index in [1.807, 2.05) is 26.2 Å². The average Bonchev–Trinajstić information content (AvgIpc) is 2.44. The van der Waals surface area contributed by atoms with E-state index in [1.54, 1.807) is 4.68 Å². The summed E-state index contributed by atoms with van der Waals surface area (Å²) in [5.74, 6) is 0.311. The van der Waals surface area contributed by atoms with Gasteiger partial charge in [0, 0.05) is 17.7 Å². The highest BCUT2D eigenvalue weighted by Crippen LogP contribution is 2.32. The first-order valence-electron chi connectivity index (χ1n) is 3.91. The van der Waals surface area contributed by atoms with Gasteiger partial charge in [-0.3, -0.25) is 4.68 Å². The third-order valence-corrected chi connectivity index (χ3v) is 2.63. The number of halogens is 1. The van der Waals surface area contributed by atoms with E-state index in [1.165, 1.54) is 0 Å². The van der Waals surface area contributed by atoms with E-state index in [0.717, 1.165) is 20.9 Å². The zero-order valence-corrected chi connectivity index (χ0v) is 8.96. The Bertz CT molecular complexity index is 476. The van der Waals surface area contributed by atoms with E-state index >= 15 is 0 Å². The summed E-state index contributed by atoms with van der Waals surface area (Å²) in [6.07, 6.45) is 1.81. The number of rotatable bonds is 0. The molecule has 2 rings (SSSR count). The van der Waals surface area contributed by atoms with Crippen molar-refractivity contribution in [3.05, 3.63) is 22.3 Å². The first-order chi connectivity index (χ1) is 6.09. The van der Waals surface area contributed by atoms with Gasteiger partial charge in [-0.05, 0) is 34.5 Å². The zero-order chi connectivity index (χ0) is 9.59. The second-order valence-electron chi connectivity index (χ2n) is 3.09. The first-order valence-corrected chi connectivity index (χ1v) is 4.70. The lowest BCUT2D eigenvalue weighted by Crippen LogP contribution is -1.85. The first kappa shape index (κ1) is 8.56. The average molecular weight is 241 g/mol. The van der Waals surface area contributed by atoms with Crippen LogP contribution in [0.3, 0.4) is 0 Å². The van der Waals surface area contributed by atoms with Crippen LogP contribution in [-0.2, 0) is 7.05 Å². The van der Waals surface area contributed by atoms with Crippen LogP contribution < -0.4 is 0 Å². The molecule has 0 saturated heterocycles. The van der Waals surface area contributed by atoms with E-state index in [2.05, 4.69) is 21.0 Å². The SMILES string of the molecule is Cc1cc(Br)c2nn(C)cc2c1O. The summed E-state index contributed by atoms with van der Waals surface area (Å²) in [7, 11) is 1.83. The molecular weight excluding hydrogens is 232 g/mol. The van der Waals surface area contributed by atoms with Crippen LogP contribution in [0.15, 0.2) is 16.7 Å². The lowest BCUT2D eigenvalue weighted by molar-refractivity contribution is 0.477. The molecule has 68 valence electrons. The van der Waals surface area contributed by atoms with Gasteiger partial charge >= 0.3 is 0 Å². The van der Waals surface area contributed by atoms with Crippen LogP contribution in [0.25, 0.3) is 10.9 Å². The Labute approximate surface area is 84.1 Å². The van der Waals surface area contributed by atoms with Gasteiger partial charge in [-0.1, -0.05) is 0 Å². The number of benzene rings is 1. The number of nitrogens with zero attached hydrogens (tertiary/aromatic N) is 2. The highest BCUT2D eigenvalue weighted by Gasteiger charge is 2.09. The Hall–Kier alpha value is -1.03. The monoisotopic (exact) mass is 240 g/mol. The number of hydrogen-bond donors (Lipinski definition) is 1. The van der Waals surface area contributed by atoms with Crippen LogP contribution in [0.4, 0.5) is 0 Å². The maximum atomic E-state index is 9.72. The molecule has 0 bridgehead atoms. The molecule has 0 amide bonds. The Morgan fingerprint density at radius 2 is 2.23 bits per heavy atom. The number of hydrogen-bond acceptors (Lipinski definition) is 2. The standard InChI is InChI=1S/C9H9BrN2O/c1-5-3-7(10)8-6(9(5)13)4-12(2)11-8/h3-4,13H,1-2H3. The van der Waals surface area contributed by atoms with Gasteiger partial charge in [-0.15, -0.1) is 0 Å². The maximum absolute atomic E-state index is 9.72. The number of aryl methyl sites for hydroxylation is 2. The Morgan fingerprint density at radius 1 is 1.54 bits per heavy atom. The predicted octanol–water partition coefficient (Wildman–Crippen LogP) is 2.35. The largest absolute Gasteiger partial charge is 0.507 e. The molecule has 13 heavy (non-hydrogen) atoms. The van der Waals surface area contributed by atoms with Gasteiger partial charge in [0.2, 0.25) is 0 Å². The van der Waals surface area contributed by atoms with E-state index in [-0.39, 0.29) is 0 Å². The van der Waals surface area contributed by atoms with Crippen LogP contribution in [0.1, 0.15) is 5.56 Å². The molecule has 0 saturated carbocycles. The second-order valence-corrected chi connectivity index (χ2v) is 3.94. The van der Waals surface area contributed by atoms with E-state index in [9.17, 15) is 5.11 Å². The number of aromatic hydroxyl groups is 1. The Balaban J connectivity index is 2.95. The summed E-state index contributed by atoms with van der Waals surface area (Å²) in [6, 6.07) is 1.87. The zero-order valence-electron chi connectivity index (χ0n) is 7.37. The molecule has 1 heterocycles. The van der Waals surface area contributed by atoms with Crippen molar-refractivity contribution in [3.8, 4) is 5.75 Å². The molecule has 0 atom stereocenters. The van der Waals surface area contributed by atoms with Crippen molar-refractivity contribution in [3.63, 3.8) is 0 Å². The van der Waals surface area contributed by atoms with E-state index < -0.39 is 0 Å². The predicted molar refractivity (Wildman–Crippen MR) is 54.8 cm³/mol. The Morgan fingerprint density at radius 3 is 2.92 bits per heavy atom. The van der Waals surface area contributed by atoms with Crippen molar-refractivity contribution < 1.29 is 5.11 Å². The summed E-state index contributed by atoms with van der Waals surface area (Å²) < 4.78 is 2.60. The molecule has 0 aliphatic rings. The van der Waals surface area contributed by atoms with Crippen LogP contribution in [0.5, 0.6) is 5.75 Å². The molecule has 4 heteroatoms. The van der Waals surface area contributed by atoms with Gasteiger partial charge in [-0.25, -0.2) is 0 Å². The lowest BCUT2D eigenvalue weighted by Gasteiger charge is -2.00. The second kappa shape index (κ2) is 2.73. The summed E-state index contributed by atoms with van der Waals surface area (Å²) in [6.45, 7) is 1.87. The molecular formula is C9H9BrN2O.